The summed E-state index contributed by atoms with van der Waals surface area (Å²) in [6.07, 6.45) is 1.82. The molecule has 0 aromatic heterocycles. The highest BCUT2D eigenvalue weighted by atomic mass is 16.5. The zero-order valence-electron chi connectivity index (χ0n) is 15.1. The van der Waals surface area contributed by atoms with E-state index in [1.807, 2.05) is 19.1 Å². The summed E-state index contributed by atoms with van der Waals surface area (Å²) in [6.45, 7) is 10.1. The van der Waals surface area contributed by atoms with E-state index >= 15 is 0 Å². The number of likely N-dealkylation sites (tertiary alicyclic amines) is 1. The van der Waals surface area contributed by atoms with Gasteiger partial charge in [-0.2, -0.15) is 0 Å². The van der Waals surface area contributed by atoms with Crippen LogP contribution in [-0.4, -0.2) is 37.3 Å². The van der Waals surface area contributed by atoms with Gasteiger partial charge in [0.25, 0.3) is 0 Å². The molecule has 0 aliphatic carbocycles. The normalized spacial score (nSPS) is 20.8. The van der Waals surface area contributed by atoms with Gasteiger partial charge in [-0.05, 0) is 25.0 Å². The van der Waals surface area contributed by atoms with E-state index in [1.54, 1.807) is 6.07 Å². The molecule has 0 spiro atoms. The van der Waals surface area contributed by atoms with E-state index in [9.17, 15) is 9.90 Å². The minimum atomic E-state index is 0.135. The monoisotopic (exact) mass is 335 g/mol. The molecular formula is C19H31N2O3+. The Balaban J connectivity index is 1.85. The molecule has 1 amide bonds. The maximum Gasteiger partial charge on any atom is 0.223 e. The first-order chi connectivity index (χ1) is 11.5. The Kier molecular flexibility index (Phi) is 6.91. The summed E-state index contributed by atoms with van der Waals surface area (Å²) < 4.78 is 5.45. The Bertz CT molecular complexity index is 537. The van der Waals surface area contributed by atoms with Gasteiger partial charge in [0.1, 0.15) is 6.54 Å². The third-order valence-electron chi connectivity index (χ3n) is 4.57. The van der Waals surface area contributed by atoms with Crippen LogP contribution in [0.15, 0.2) is 18.2 Å². The molecule has 1 saturated heterocycles. The lowest BCUT2D eigenvalue weighted by atomic mass is 9.95. The summed E-state index contributed by atoms with van der Waals surface area (Å²) in [5, 5.41) is 13.4. The first-order valence-corrected chi connectivity index (χ1v) is 9.06. The van der Waals surface area contributed by atoms with E-state index in [-0.39, 0.29) is 17.6 Å². The van der Waals surface area contributed by atoms with Crippen molar-refractivity contribution < 1.29 is 19.5 Å². The number of rotatable bonds is 7. The summed E-state index contributed by atoms with van der Waals surface area (Å²) in [4.78, 5) is 13.6. The Labute approximate surface area is 145 Å². The summed E-state index contributed by atoms with van der Waals surface area (Å²) in [6, 6.07) is 5.67. The van der Waals surface area contributed by atoms with Crippen LogP contribution in [0.1, 0.15) is 39.2 Å². The molecule has 0 saturated carbocycles. The van der Waals surface area contributed by atoms with Gasteiger partial charge in [-0.3, -0.25) is 4.79 Å². The van der Waals surface area contributed by atoms with Crippen LogP contribution in [0, 0.1) is 11.8 Å². The van der Waals surface area contributed by atoms with Crippen molar-refractivity contribution in [3.8, 4) is 11.5 Å². The summed E-state index contributed by atoms with van der Waals surface area (Å²) >= 11 is 0. The fourth-order valence-corrected chi connectivity index (χ4v) is 3.17. The predicted molar refractivity (Wildman–Crippen MR) is 94.2 cm³/mol. The fourth-order valence-electron chi connectivity index (χ4n) is 3.17. The number of hydrogen-bond acceptors (Lipinski definition) is 3. The molecule has 1 aromatic carbocycles. The van der Waals surface area contributed by atoms with Gasteiger partial charge in [-0.1, -0.05) is 19.9 Å². The smallest absolute Gasteiger partial charge is 0.223 e. The lowest BCUT2D eigenvalue weighted by Crippen LogP contribution is -3.11. The molecule has 1 aliphatic heterocycles. The van der Waals surface area contributed by atoms with Gasteiger partial charge in [0, 0.05) is 25.3 Å². The molecule has 0 radical (unpaired) electrons. The van der Waals surface area contributed by atoms with E-state index < -0.39 is 0 Å². The molecule has 1 fully saturated rings. The third kappa shape index (κ3) is 5.13. The van der Waals surface area contributed by atoms with E-state index in [0.29, 0.717) is 18.3 Å². The van der Waals surface area contributed by atoms with E-state index in [4.69, 9.17) is 4.74 Å². The molecule has 1 aliphatic rings. The van der Waals surface area contributed by atoms with Crippen molar-refractivity contribution >= 4 is 5.91 Å². The summed E-state index contributed by atoms with van der Waals surface area (Å²) in [5.41, 5.74) is 0.915. The predicted octanol–water partition coefficient (Wildman–Crippen LogP) is 1.36. The lowest BCUT2D eigenvalue weighted by molar-refractivity contribution is -0.919. The molecule has 0 unspecified atom stereocenters. The van der Waals surface area contributed by atoms with Crippen LogP contribution in [0.2, 0.25) is 0 Å². The molecule has 0 atom stereocenters. The molecule has 2 rings (SSSR count). The van der Waals surface area contributed by atoms with Gasteiger partial charge in [0.15, 0.2) is 11.5 Å². The van der Waals surface area contributed by atoms with Crippen molar-refractivity contribution in [1.82, 2.24) is 5.32 Å². The SMILES string of the molecule is CCOc1cccc(C[NH+]2CCC(C(=O)NCC(C)C)CC2)c1O. The minimum Gasteiger partial charge on any atom is -0.504 e. The number of hydrogen-bond donors (Lipinski definition) is 3. The van der Waals surface area contributed by atoms with Crippen LogP contribution < -0.4 is 15.0 Å². The fraction of sp³-hybridized carbons (Fsp3) is 0.632. The van der Waals surface area contributed by atoms with Gasteiger partial charge in [0.05, 0.1) is 25.3 Å². The van der Waals surface area contributed by atoms with Gasteiger partial charge in [-0.25, -0.2) is 0 Å². The van der Waals surface area contributed by atoms with Crippen molar-refractivity contribution in [3.05, 3.63) is 23.8 Å². The number of carbonyl (C=O) groups excluding carboxylic acids is 1. The minimum absolute atomic E-state index is 0.135. The van der Waals surface area contributed by atoms with Gasteiger partial charge in [-0.15, -0.1) is 0 Å². The number of para-hydroxylation sites is 1. The highest BCUT2D eigenvalue weighted by Gasteiger charge is 2.28. The Hall–Kier alpha value is -1.75. The number of amides is 1. The number of phenolic OH excluding ortho intramolecular Hbond substituents is 1. The lowest BCUT2D eigenvalue weighted by Gasteiger charge is -2.29. The average Bonchev–Trinajstić information content (AvgIpc) is 2.57. The molecule has 1 heterocycles. The van der Waals surface area contributed by atoms with Gasteiger partial charge in [0.2, 0.25) is 5.91 Å². The third-order valence-corrected chi connectivity index (χ3v) is 4.57. The number of piperidine rings is 1. The Morgan fingerprint density at radius 3 is 2.71 bits per heavy atom. The van der Waals surface area contributed by atoms with E-state index in [0.717, 1.165) is 44.6 Å². The number of carbonyl (C=O) groups is 1. The maximum absolute atomic E-state index is 12.2. The van der Waals surface area contributed by atoms with Crippen LogP contribution in [0.4, 0.5) is 0 Å². The van der Waals surface area contributed by atoms with Gasteiger partial charge >= 0.3 is 0 Å². The van der Waals surface area contributed by atoms with Crippen LogP contribution in [-0.2, 0) is 11.3 Å². The second-order valence-corrected chi connectivity index (χ2v) is 7.04. The number of benzene rings is 1. The molecule has 3 N–H and O–H groups in total. The van der Waals surface area contributed by atoms with E-state index in [1.165, 1.54) is 4.90 Å². The maximum atomic E-state index is 12.2. The largest absolute Gasteiger partial charge is 0.504 e. The molecule has 5 nitrogen and oxygen atoms in total. The van der Waals surface area contributed by atoms with Crippen LogP contribution in [0.25, 0.3) is 0 Å². The zero-order chi connectivity index (χ0) is 17.5. The second kappa shape index (κ2) is 8.92. The quantitative estimate of drug-likeness (QED) is 0.705. The van der Waals surface area contributed by atoms with Crippen LogP contribution in [0.5, 0.6) is 11.5 Å². The van der Waals surface area contributed by atoms with Crippen molar-refractivity contribution in [2.45, 2.75) is 40.2 Å². The molecule has 1 aromatic rings. The Morgan fingerprint density at radius 1 is 1.38 bits per heavy atom. The second-order valence-electron chi connectivity index (χ2n) is 7.04. The molecule has 5 heteroatoms. The Morgan fingerprint density at radius 2 is 2.08 bits per heavy atom. The summed E-state index contributed by atoms with van der Waals surface area (Å²) in [7, 11) is 0. The number of phenols is 1. The standard InChI is InChI=1S/C19H30N2O3/c1-4-24-17-7-5-6-16(18(17)22)13-21-10-8-15(9-11-21)19(23)20-12-14(2)3/h5-7,14-15,22H,4,8-13H2,1-3H3,(H,20,23)/p+1. The van der Waals surface area contributed by atoms with Gasteiger partial charge < -0.3 is 20.1 Å². The number of aromatic hydroxyl groups is 1. The topological polar surface area (TPSA) is 63.0 Å². The average molecular weight is 335 g/mol. The van der Waals surface area contributed by atoms with Crippen molar-refractivity contribution in [2.75, 3.05) is 26.2 Å². The van der Waals surface area contributed by atoms with Crippen molar-refractivity contribution in [1.29, 1.82) is 0 Å². The molecule has 134 valence electrons. The highest BCUT2D eigenvalue weighted by Crippen LogP contribution is 2.29. The first-order valence-electron chi connectivity index (χ1n) is 9.06. The summed E-state index contributed by atoms with van der Waals surface area (Å²) in [5.74, 6) is 1.63. The highest BCUT2D eigenvalue weighted by molar-refractivity contribution is 5.78. The molecule has 24 heavy (non-hydrogen) atoms. The molecular weight excluding hydrogens is 304 g/mol. The van der Waals surface area contributed by atoms with Crippen molar-refractivity contribution in [3.63, 3.8) is 0 Å². The van der Waals surface area contributed by atoms with Crippen LogP contribution >= 0.6 is 0 Å². The molecule has 0 bridgehead atoms. The zero-order valence-corrected chi connectivity index (χ0v) is 15.1. The number of quaternary nitrogens is 1. The van der Waals surface area contributed by atoms with Crippen LogP contribution in [0.3, 0.4) is 0 Å². The van der Waals surface area contributed by atoms with E-state index in [2.05, 4.69) is 19.2 Å². The number of ether oxygens (including phenoxy) is 1. The first kappa shape index (κ1) is 18.6. The number of nitrogens with one attached hydrogen (secondary N) is 2. The van der Waals surface area contributed by atoms with Crippen molar-refractivity contribution in [2.24, 2.45) is 11.8 Å².